The average Bonchev–Trinajstić information content (AvgIpc) is 2.72. The fourth-order valence-corrected chi connectivity index (χ4v) is 4.31. The van der Waals surface area contributed by atoms with Gasteiger partial charge in [0.25, 0.3) is 0 Å². The predicted octanol–water partition coefficient (Wildman–Crippen LogP) is 2.42. The Bertz CT molecular complexity index is 339. The first-order valence-electron chi connectivity index (χ1n) is 8.86. The molecule has 3 rings (SSSR count). The SMILES string of the molecule is CN1[C@@H]2CC[C@H]1CC(OC(=O)CCN1CCCCCC1)C2. The van der Waals surface area contributed by atoms with Gasteiger partial charge in [-0.3, -0.25) is 4.79 Å². The maximum Gasteiger partial charge on any atom is 0.307 e. The third kappa shape index (κ3) is 3.98. The van der Waals surface area contributed by atoms with Crippen molar-refractivity contribution in [1.82, 2.24) is 9.80 Å². The summed E-state index contributed by atoms with van der Waals surface area (Å²) in [5.74, 6) is 0.0215. The zero-order valence-electron chi connectivity index (χ0n) is 13.4. The van der Waals surface area contributed by atoms with Gasteiger partial charge < -0.3 is 14.5 Å². The molecule has 4 nitrogen and oxygen atoms in total. The number of ether oxygens (including phenoxy) is 1. The zero-order valence-corrected chi connectivity index (χ0v) is 13.4. The molecule has 0 amide bonds. The number of carbonyl (C=O) groups is 1. The van der Waals surface area contributed by atoms with Crippen molar-refractivity contribution >= 4 is 5.97 Å². The molecule has 3 fully saturated rings. The average molecular weight is 294 g/mol. The molecule has 3 aliphatic rings. The van der Waals surface area contributed by atoms with Gasteiger partial charge in [-0.25, -0.2) is 0 Å². The number of esters is 1. The van der Waals surface area contributed by atoms with E-state index in [0.29, 0.717) is 18.5 Å². The zero-order chi connectivity index (χ0) is 14.7. The van der Waals surface area contributed by atoms with Gasteiger partial charge in [0.05, 0.1) is 6.42 Å². The predicted molar refractivity (Wildman–Crippen MR) is 83.2 cm³/mol. The summed E-state index contributed by atoms with van der Waals surface area (Å²) in [5.41, 5.74) is 0. The number of hydrogen-bond acceptors (Lipinski definition) is 4. The van der Waals surface area contributed by atoms with Gasteiger partial charge in [0, 0.05) is 18.6 Å². The number of nitrogens with zero attached hydrogens (tertiary/aromatic N) is 2. The smallest absolute Gasteiger partial charge is 0.307 e. The van der Waals surface area contributed by atoms with Gasteiger partial charge in [-0.15, -0.1) is 0 Å². The molecule has 3 heterocycles. The minimum atomic E-state index is 0.0215. The second-order valence-corrected chi connectivity index (χ2v) is 7.14. The van der Waals surface area contributed by atoms with Gasteiger partial charge >= 0.3 is 5.97 Å². The summed E-state index contributed by atoms with van der Waals surface area (Å²) in [6.07, 6.45) is 10.7. The quantitative estimate of drug-likeness (QED) is 0.746. The second kappa shape index (κ2) is 7.10. The maximum atomic E-state index is 12.1. The van der Waals surface area contributed by atoms with Crippen molar-refractivity contribution in [2.45, 2.75) is 76.0 Å². The van der Waals surface area contributed by atoms with E-state index >= 15 is 0 Å². The third-order valence-electron chi connectivity index (χ3n) is 5.68. The van der Waals surface area contributed by atoms with E-state index in [2.05, 4.69) is 16.8 Å². The molecule has 0 N–H and O–H groups in total. The van der Waals surface area contributed by atoms with Crippen molar-refractivity contribution in [2.24, 2.45) is 0 Å². The van der Waals surface area contributed by atoms with E-state index in [4.69, 9.17) is 4.74 Å². The standard InChI is InChI=1S/C17H30N2O2/c1-18-14-6-7-15(18)13-16(12-14)21-17(20)8-11-19-9-4-2-3-5-10-19/h14-16H,2-13H2,1H3/t14-,15+,16?. The van der Waals surface area contributed by atoms with Gasteiger partial charge in [0.2, 0.25) is 0 Å². The van der Waals surface area contributed by atoms with Crippen LogP contribution in [0.4, 0.5) is 0 Å². The number of likely N-dealkylation sites (tertiary alicyclic amines) is 1. The lowest BCUT2D eigenvalue weighted by Gasteiger charge is -2.35. The normalized spacial score (nSPS) is 34.6. The summed E-state index contributed by atoms with van der Waals surface area (Å²) in [5, 5.41) is 0. The maximum absolute atomic E-state index is 12.1. The third-order valence-corrected chi connectivity index (χ3v) is 5.68. The minimum absolute atomic E-state index is 0.0215. The lowest BCUT2D eigenvalue weighted by atomic mass is 10.0. The second-order valence-electron chi connectivity index (χ2n) is 7.14. The Hall–Kier alpha value is -0.610. The van der Waals surface area contributed by atoms with Crippen LogP contribution in [0.15, 0.2) is 0 Å². The van der Waals surface area contributed by atoms with E-state index in [-0.39, 0.29) is 12.1 Å². The highest BCUT2D eigenvalue weighted by Gasteiger charge is 2.39. The summed E-state index contributed by atoms with van der Waals surface area (Å²) in [6, 6.07) is 1.29. The van der Waals surface area contributed by atoms with Crippen LogP contribution in [-0.2, 0) is 9.53 Å². The molecule has 0 spiro atoms. The molecule has 3 aliphatic heterocycles. The summed E-state index contributed by atoms with van der Waals surface area (Å²) in [7, 11) is 2.22. The van der Waals surface area contributed by atoms with Crippen LogP contribution in [0, 0.1) is 0 Å². The van der Waals surface area contributed by atoms with E-state index in [1.807, 2.05) is 0 Å². The van der Waals surface area contributed by atoms with Crippen molar-refractivity contribution in [2.75, 3.05) is 26.7 Å². The van der Waals surface area contributed by atoms with E-state index < -0.39 is 0 Å². The first-order chi connectivity index (χ1) is 10.2. The van der Waals surface area contributed by atoms with Crippen LogP contribution in [0.3, 0.4) is 0 Å². The van der Waals surface area contributed by atoms with Gasteiger partial charge in [-0.1, -0.05) is 12.8 Å². The Morgan fingerprint density at radius 3 is 2.29 bits per heavy atom. The summed E-state index contributed by atoms with van der Waals surface area (Å²) >= 11 is 0. The van der Waals surface area contributed by atoms with E-state index in [9.17, 15) is 4.79 Å². The molecule has 21 heavy (non-hydrogen) atoms. The fraction of sp³-hybridized carbons (Fsp3) is 0.941. The fourth-order valence-electron chi connectivity index (χ4n) is 4.31. The summed E-state index contributed by atoms with van der Waals surface area (Å²) < 4.78 is 5.75. The Kier molecular flexibility index (Phi) is 5.17. The molecule has 0 saturated carbocycles. The number of hydrogen-bond donors (Lipinski definition) is 0. The van der Waals surface area contributed by atoms with E-state index in [1.165, 1.54) is 38.5 Å². The van der Waals surface area contributed by atoms with Gasteiger partial charge in [0.1, 0.15) is 6.10 Å². The lowest BCUT2D eigenvalue weighted by molar-refractivity contribution is -0.152. The van der Waals surface area contributed by atoms with Crippen LogP contribution < -0.4 is 0 Å². The summed E-state index contributed by atoms with van der Waals surface area (Å²) in [6.45, 7) is 3.20. The van der Waals surface area contributed by atoms with Crippen LogP contribution in [-0.4, -0.2) is 60.6 Å². The van der Waals surface area contributed by atoms with Crippen LogP contribution in [0.1, 0.15) is 57.8 Å². The lowest BCUT2D eigenvalue weighted by Crippen LogP contribution is -2.43. The van der Waals surface area contributed by atoms with Crippen LogP contribution in [0.5, 0.6) is 0 Å². The van der Waals surface area contributed by atoms with Crippen molar-refractivity contribution in [3.05, 3.63) is 0 Å². The molecule has 3 atom stereocenters. The van der Waals surface area contributed by atoms with Crippen molar-refractivity contribution in [1.29, 1.82) is 0 Å². The van der Waals surface area contributed by atoms with Gasteiger partial charge in [0.15, 0.2) is 0 Å². The van der Waals surface area contributed by atoms with Crippen LogP contribution in [0.2, 0.25) is 0 Å². The highest BCUT2D eigenvalue weighted by molar-refractivity contribution is 5.69. The number of carbonyl (C=O) groups excluding carboxylic acids is 1. The molecule has 1 unspecified atom stereocenters. The van der Waals surface area contributed by atoms with Gasteiger partial charge in [-0.2, -0.15) is 0 Å². The molecule has 0 aromatic carbocycles. The molecule has 2 bridgehead atoms. The Morgan fingerprint density at radius 1 is 1.05 bits per heavy atom. The Balaban J connectivity index is 1.38. The molecule has 4 heteroatoms. The molecule has 0 radical (unpaired) electrons. The number of fused-ring (bicyclic) bond motifs is 2. The molecule has 0 aromatic heterocycles. The molecule has 120 valence electrons. The van der Waals surface area contributed by atoms with Crippen LogP contribution >= 0.6 is 0 Å². The topological polar surface area (TPSA) is 32.8 Å². The molecule has 3 saturated heterocycles. The largest absolute Gasteiger partial charge is 0.462 e. The highest BCUT2D eigenvalue weighted by Crippen LogP contribution is 2.35. The number of rotatable bonds is 4. The van der Waals surface area contributed by atoms with Crippen LogP contribution in [0.25, 0.3) is 0 Å². The first-order valence-corrected chi connectivity index (χ1v) is 8.86. The van der Waals surface area contributed by atoms with E-state index in [0.717, 1.165) is 32.5 Å². The monoisotopic (exact) mass is 294 g/mol. The summed E-state index contributed by atoms with van der Waals surface area (Å²) in [4.78, 5) is 17.0. The van der Waals surface area contributed by atoms with E-state index in [1.54, 1.807) is 0 Å². The molecular weight excluding hydrogens is 264 g/mol. The minimum Gasteiger partial charge on any atom is -0.462 e. The Morgan fingerprint density at radius 2 is 1.67 bits per heavy atom. The van der Waals surface area contributed by atoms with Crippen molar-refractivity contribution < 1.29 is 9.53 Å². The van der Waals surface area contributed by atoms with Crippen molar-refractivity contribution in [3.63, 3.8) is 0 Å². The first kappa shape index (κ1) is 15.3. The number of piperidine rings is 1. The molecular formula is C17H30N2O2. The van der Waals surface area contributed by atoms with Gasteiger partial charge in [-0.05, 0) is 58.7 Å². The molecule has 0 aliphatic carbocycles. The Labute approximate surface area is 128 Å². The highest BCUT2D eigenvalue weighted by atomic mass is 16.5. The van der Waals surface area contributed by atoms with Crippen molar-refractivity contribution in [3.8, 4) is 0 Å². The molecule has 0 aromatic rings.